The number of methoxy groups -OCH3 is 1. The maximum Gasteiger partial charge on any atom is 0.323 e. The van der Waals surface area contributed by atoms with Gasteiger partial charge in [0.2, 0.25) is 0 Å². The van der Waals surface area contributed by atoms with Crippen molar-refractivity contribution in [1.29, 1.82) is 0 Å². The maximum absolute atomic E-state index is 11.5. The first-order chi connectivity index (χ1) is 6.69. The lowest BCUT2D eigenvalue weighted by Crippen LogP contribution is -2.54. The monoisotopic (exact) mass is 200 g/mol. The van der Waals surface area contributed by atoms with Gasteiger partial charge in [-0.1, -0.05) is 6.92 Å². The topological polar surface area (TPSA) is 41.6 Å². The fraction of sp³-hybridized carbons (Fsp3) is 0.900. The number of nitrogens with one attached hydrogen (secondary N) is 1. The molecule has 0 aliphatic carbocycles. The highest BCUT2D eigenvalue weighted by molar-refractivity contribution is 5.75. The Morgan fingerprint density at radius 3 is 2.93 bits per heavy atom. The average molecular weight is 200 g/mol. The number of ether oxygens (including phenoxy) is 1. The molecule has 0 aromatic rings. The van der Waals surface area contributed by atoms with Gasteiger partial charge in [-0.2, -0.15) is 0 Å². The Hall–Kier alpha value is -0.610. The second-order valence-electron chi connectivity index (χ2n) is 3.80. The van der Waals surface area contributed by atoms with E-state index in [0.29, 0.717) is 6.04 Å². The molecule has 0 aromatic heterocycles. The van der Waals surface area contributed by atoms with E-state index in [2.05, 4.69) is 17.1 Å². The average Bonchev–Trinajstić information content (AvgIpc) is 2.19. The summed E-state index contributed by atoms with van der Waals surface area (Å²) in [4.78, 5) is 13.7. The van der Waals surface area contributed by atoms with Crippen molar-refractivity contribution < 1.29 is 9.53 Å². The van der Waals surface area contributed by atoms with Gasteiger partial charge in [-0.15, -0.1) is 0 Å². The lowest BCUT2D eigenvalue weighted by atomic mass is 10.1. The van der Waals surface area contributed by atoms with Gasteiger partial charge in [0.15, 0.2) is 0 Å². The van der Waals surface area contributed by atoms with Crippen LogP contribution in [0.15, 0.2) is 0 Å². The zero-order chi connectivity index (χ0) is 10.6. The van der Waals surface area contributed by atoms with Gasteiger partial charge in [-0.25, -0.2) is 0 Å². The summed E-state index contributed by atoms with van der Waals surface area (Å²) in [6.07, 6.45) is 0.819. The van der Waals surface area contributed by atoms with E-state index < -0.39 is 0 Å². The van der Waals surface area contributed by atoms with Gasteiger partial charge in [0, 0.05) is 25.7 Å². The lowest BCUT2D eigenvalue weighted by molar-refractivity contribution is -0.147. The molecule has 1 fully saturated rings. The smallest absolute Gasteiger partial charge is 0.323 e. The third-order valence-corrected chi connectivity index (χ3v) is 2.70. The first-order valence-electron chi connectivity index (χ1n) is 5.24. The van der Waals surface area contributed by atoms with Crippen molar-refractivity contribution >= 4 is 5.97 Å². The van der Waals surface area contributed by atoms with E-state index >= 15 is 0 Å². The third-order valence-electron chi connectivity index (χ3n) is 2.70. The molecule has 0 bridgehead atoms. The number of carbonyl (C=O) groups excluding carboxylic acids is 1. The van der Waals surface area contributed by atoms with Crippen LogP contribution in [0.5, 0.6) is 0 Å². The molecule has 1 aliphatic rings. The maximum atomic E-state index is 11.5. The molecule has 4 heteroatoms. The molecule has 4 nitrogen and oxygen atoms in total. The Labute approximate surface area is 85.6 Å². The van der Waals surface area contributed by atoms with Crippen LogP contribution in [-0.4, -0.2) is 49.7 Å². The minimum atomic E-state index is -0.110. The Morgan fingerprint density at radius 1 is 1.71 bits per heavy atom. The molecule has 0 saturated carbocycles. The standard InChI is InChI=1S/C10H20N2O2/c1-4-9(10(13)14-3)12-6-5-11-8(2)7-12/h8-9,11H,4-7H2,1-3H3/t8-,9?/m0/s1. The zero-order valence-electron chi connectivity index (χ0n) is 9.25. The van der Waals surface area contributed by atoms with E-state index in [4.69, 9.17) is 4.74 Å². The molecule has 2 atom stereocenters. The van der Waals surface area contributed by atoms with Crippen molar-refractivity contribution in [2.45, 2.75) is 32.4 Å². The van der Waals surface area contributed by atoms with Crippen LogP contribution < -0.4 is 5.32 Å². The van der Waals surface area contributed by atoms with Crippen LogP contribution in [-0.2, 0) is 9.53 Å². The largest absolute Gasteiger partial charge is 0.468 e. The van der Waals surface area contributed by atoms with Crippen LogP contribution in [0.25, 0.3) is 0 Å². The summed E-state index contributed by atoms with van der Waals surface area (Å²) >= 11 is 0. The van der Waals surface area contributed by atoms with E-state index in [-0.39, 0.29) is 12.0 Å². The molecular weight excluding hydrogens is 180 g/mol. The predicted octanol–water partition coefficient (Wildman–Crippen LogP) is 0.232. The van der Waals surface area contributed by atoms with Gasteiger partial charge in [-0.05, 0) is 13.3 Å². The Balaban J connectivity index is 2.54. The SMILES string of the molecule is CCC(C(=O)OC)N1CCN[C@@H](C)C1. The molecule has 0 spiro atoms. The highest BCUT2D eigenvalue weighted by atomic mass is 16.5. The van der Waals surface area contributed by atoms with E-state index in [9.17, 15) is 4.79 Å². The van der Waals surface area contributed by atoms with E-state index in [0.717, 1.165) is 26.1 Å². The summed E-state index contributed by atoms with van der Waals surface area (Å²) < 4.78 is 4.79. The van der Waals surface area contributed by atoms with Crippen molar-refractivity contribution in [3.63, 3.8) is 0 Å². The Kier molecular flexibility index (Phi) is 4.35. The fourth-order valence-electron chi connectivity index (χ4n) is 1.96. The first-order valence-corrected chi connectivity index (χ1v) is 5.24. The summed E-state index contributed by atoms with van der Waals surface area (Å²) in [7, 11) is 1.45. The molecule has 0 aromatic carbocycles. The Morgan fingerprint density at radius 2 is 2.43 bits per heavy atom. The molecule has 1 aliphatic heterocycles. The molecular formula is C10H20N2O2. The number of rotatable bonds is 3. The van der Waals surface area contributed by atoms with E-state index in [1.807, 2.05) is 6.92 Å². The molecule has 0 amide bonds. The summed E-state index contributed by atoms with van der Waals surface area (Å²) in [5, 5.41) is 3.35. The van der Waals surface area contributed by atoms with Crippen molar-refractivity contribution in [2.75, 3.05) is 26.7 Å². The summed E-state index contributed by atoms with van der Waals surface area (Å²) in [5.74, 6) is -0.110. The van der Waals surface area contributed by atoms with Crippen LogP contribution in [0.4, 0.5) is 0 Å². The van der Waals surface area contributed by atoms with Crippen molar-refractivity contribution in [2.24, 2.45) is 0 Å². The van der Waals surface area contributed by atoms with Crippen LogP contribution in [0, 0.1) is 0 Å². The minimum absolute atomic E-state index is 0.0652. The minimum Gasteiger partial charge on any atom is -0.468 e. The number of piperazine rings is 1. The molecule has 1 unspecified atom stereocenters. The fourth-order valence-corrected chi connectivity index (χ4v) is 1.96. The third kappa shape index (κ3) is 2.69. The van der Waals surface area contributed by atoms with Crippen molar-refractivity contribution in [3.8, 4) is 0 Å². The summed E-state index contributed by atoms with van der Waals surface area (Å²) in [6, 6.07) is 0.395. The highest BCUT2D eigenvalue weighted by Gasteiger charge is 2.27. The molecule has 1 saturated heterocycles. The predicted molar refractivity (Wildman–Crippen MR) is 55.1 cm³/mol. The van der Waals surface area contributed by atoms with Crippen LogP contribution in [0.3, 0.4) is 0 Å². The van der Waals surface area contributed by atoms with Gasteiger partial charge in [0.25, 0.3) is 0 Å². The van der Waals surface area contributed by atoms with Gasteiger partial charge < -0.3 is 10.1 Å². The molecule has 1 rings (SSSR count). The summed E-state index contributed by atoms with van der Waals surface area (Å²) in [6.45, 7) is 6.96. The number of nitrogens with zero attached hydrogens (tertiary/aromatic N) is 1. The molecule has 1 heterocycles. The zero-order valence-corrected chi connectivity index (χ0v) is 9.25. The first kappa shape index (κ1) is 11.5. The van der Waals surface area contributed by atoms with Gasteiger partial charge in [0.1, 0.15) is 6.04 Å². The van der Waals surface area contributed by atoms with Gasteiger partial charge in [-0.3, -0.25) is 9.69 Å². The Bertz CT molecular complexity index is 197. The van der Waals surface area contributed by atoms with Crippen molar-refractivity contribution in [1.82, 2.24) is 10.2 Å². The second kappa shape index (κ2) is 5.32. The van der Waals surface area contributed by atoms with Gasteiger partial charge in [0.05, 0.1) is 7.11 Å². The normalized spacial score (nSPS) is 25.8. The molecule has 82 valence electrons. The van der Waals surface area contributed by atoms with Crippen LogP contribution in [0.1, 0.15) is 20.3 Å². The molecule has 0 radical (unpaired) electrons. The quantitative estimate of drug-likeness (QED) is 0.662. The molecule has 14 heavy (non-hydrogen) atoms. The van der Waals surface area contributed by atoms with Crippen LogP contribution in [0.2, 0.25) is 0 Å². The number of hydrogen-bond donors (Lipinski definition) is 1. The number of esters is 1. The van der Waals surface area contributed by atoms with E-state index in [1.54, 1.807) is 0 Å². The highest BCUT2D eigenvalue weighted by Crippen LogP contribution is 2.09. The number of carbonyl (C=O) groups is 1. The molecule has 1 N–H and O–H groups in total. The lowest BCUT2D eigenvalue weighted by Gasteiger charge is -2.35. The second-order valence-corrected chi connectivity index (χ2v) is 3.80. The van der Waals surface area contributed by atoms with Crippen molar-refractivity contribution in [3.05, 3.63) is 0 Å². The van der Waals surface area contributed by atoms with Gasteiger partial charge >= 0.3 is 5.97 Å². The number of hydrogen-bond acceptors (Lipinski definition) is 4. The van der Waals surface area contributed by atoms with Crippen LogP contribution >= 0.6 is 0 Å². The van der Waals surface area contributed by atoms with E-state index in [1.165, 1.54) is 7.11 Å². The summed E-state index contributed by atoms with van der Waals surface area (Å²) in [5.41, 5.74) is 0.